The van der Waals surface area contributed by atoms with Crippen LogP contribution < -0.4 is 10.0 Å². The smallest absolute Gasteiger partial charge is 0.262 e. The molecule has 1 heterocycles. The molecular weight excluding hydrogens is 502 g/mol. The Morgan fingerprint density at radius 2 is 1.54 bits per heavy atom. The summed E-state index contributed by atoms with van der Waals surface area (Å²) < 4.78 is 29.2. The lowest BCUT2D eigenvalue weighted by molar-refractivity contribution is 0.102. The summed E-state index contributed by atoms with van der Waals surface area (Å²) in [5.74, 6) is -0.445. The van der Waals surface area contributed by atoms with Crippen LogP contribution >= 0.6 is 11.3 Å². The van der Waals surface area contributed by atoms with Gasteiger partial charge in [-0.3, -0.25) is 14.8 Å². The zero-order valence-corrected chi connectivity index (χ0v) is 23.5. The molecule has 0 fully saturated rings. The molecule has 0 spiro atoms. The van der Waals surface area contributed by atoms with Crippen molar-refractivity contribution in [3.8, 4) is 11.3 Å². The number of carbonyl (C=O) groups excluding carboxylic acids is 1. The van der Waals surface area contributed by atoms with E-state index in [-0.39, 0.29) is 21.6 Å². The minimum atomic E-state index is -3.91. The van der Waals surface area contributed by atoms with Crippen molar-refractivity contribution >= 4 is 38.1 Å². The van der Waals surface area contributed by atoms with Gasteiger partial charge in [0.05, 0.1) is 21.8 Å². The van der Waals surface area contributed by atoms with Gasteiger partial charge in [0, 0.05) is 10.9 Å². The second kappa shape index (κ2) is 10.1. The van der Waals surface area contributed by atoms with Gasteiger partial charge in [-0.2, -0.15) is 0 Å². The van der Waals surface area contributed by atoms with Crippen molar-refractivity contribution in [3.05, 3.63) is 93.9 Å². The van der Waals surface area contributed by atoms with Crippen molar-refractivity contribution in [2.45, 2.75) is 51.9 Å². The molecule has 0 saturated carbocycles. The van der Waals surface area contributed by atoms with E-state index >= 15 is 0 Å². The normalized spacial score (nSPS) is 11.8. The van der Waals surface area contributed by atoms with Gasteiger partial charge in [0.1, 0.15) is 0 Å². The lowest BCUT2D eigenvalue weighted by atomic mass is 9.86. The van der Waals surface area contributed by atoms with Crippen molar-refractivity contribution in [3.63, 3.8) is 0 Å². The van der Waals surface area contributed by atoms with Crippen molar-refractivity contribution in [1.82, 2.24) is 4.98 Å². The number of nitrogens with one attached hydrogen (secondary N) is 2. The lowest BCUT2D eigenvalue weighted by Crippen LogP contribution is -2.20. The molecule has 0 aliphatic heterocycles. The highest BCUT2D eigenvalue weighted by Crippen LogP contribution is 2.30. The number of amides is 1. The second-order valence-electron chi connectivity index (χ2n) is 10.2. The minimum Gasteiger partial charge on any atom is -0.298 e. The molecule has 0 aliphatic carbocycles. The molecule has 0 aliphatic rings. The number of benzene rings is 3. The summed E-state index contributed by atoms with van der Waals surface area (Å²) in [5.41, 5.74) is 5.72. The Labute approximate surface area is 222 Å². The van der Waals surface area contributed by atoms with Crippen LogP contribution in [0.2, 0.25) is 0 Å². The zero-order chi connectivity index (χ0) is 27.0. The van der Waals surface area contributed by atoms with E-state index in [1.54, 1.807) is 38.1 Å². The van der Waals surface area contributed by atoms with Gasteiger partial charge < -0.3 is 0 Å². The van der Waals surface area contributed by atoms with Gasteiger partial charge in [0.25, 0.3) is 15.9 Å². The van der Waals surface area contributed by atoms with E-state index < -0.39 is 15.9 Å². The predicted molar refractivity (Wildman–Crippen MR) is 152 cm³/mol. The summed E-state index contributed by atoms with van der Waals surface area (Å²) in [6.45, 7) is 12.0. The summed E-state index contributed by atoms with van der Waals surface area (Å²) in [5, 5.41) is 5.14. The van der Waals surface area contributed by atoms with Gasteiger partial charge in [-0.25, -0.2) is 13.4 Å². The third-order valence-electron chi connectivity index (χ3n) is 6.06. The fourth-order valence-electron chi connectivity index (χ4n) is 4.33. The second-order valence-corrected chi connectivity index (χ2v) is 12.7. The Balaban J connectivity index is 1.55. The van der Waals surface area contributed by atoms with Gasteiger partial charge in [-0.05, 0) is 55.0 Å². The Bertz CT molecular complexity index is 1540. The first-order chi connectivity index (χ1) is 17.3. The summed E-state index contributed by atoms with van der Waals surface area (Å²) in [6, 6.07) is 18.4. The number of hydrogen-bond donors (Lipinski definition) is 2. The number of para-hydroxylation sites is 1. The predicted octanol–water partition coefficient (Wildman–Crippen LogP) is 7.09. The molecule has 4 rings (SSSR count). The molecule has 1 amide bonds. The fourth-order valence-corrected chi connectivity index (χ4v) is 6.58. The molecule has 0 saturated heterocycles. The van der Waals surface area contributed by atoms with Crippen LogP contribution in [0, 0.1) is 20.8 Å². The monoisotopic (exact) mass is 533 g/mol. The first-order valence-corrected chi connectivity index (χ1v) is 14.3. The van der Waals surface area contributed by atoms with Crippen molar-refractivity contribution < 1.29 is 13.2 Å². The summed E-state index contributed by atoms with van der Waals surface area (Å²) in [4.78, 5) is 17.9. The maximum absolute atomic E-state index is 13.3. The van der Waals surface area contributed by atoms with E-state index in [1.165, 1.54) is 16.9 Å². The summed E-state index contributed by atoms with van der Waals surface area (Å²) in [6.07, 6.45) is 0. The molecule has 2 N–H and O–H groups in total. The molecule has 0 bridgehead atoms. The Morgan fingerprint density at radius 1 is 0.919 bits per heavy atom. The number of hydrogen-bond acceptors (Lipinski definition) is 5. The average Bonchev–Trinajstić information content (AvgIpc) is 3.26. The molecule has 0 radical (unpaired) electrons. The number of aromatic nitrogens is 1. The van der Waals surface area contributed by atoms with Gasteiger partial charge >= 0.3 is 0 Å². The number of rotatable bonds is 6. The van der Waals surface area contributed by atoms with E-state index in [4.69, 9.17) is 0 Å². The first kappa shape index (κ1) is 26.6. The fraction of sp³-hybridized carbons (Fsp3) is 0.241. The molecule has 4 aromatic rings. The maximum Gasteiger partial charge on any atom is 0.262 e. The van der Waals surface area contributed by atoms with Crippen LogP contribution in [0.25, 0.3) is 11.3 Å². The van der Waals surface area contributed by atoms with Crippen LogP contribution in [-0.4, -0.2) is 19.3 Å². The van der Waals surface area contributed by atoms with E-state index in [1.807, 2.05) is 36.6 Å². The molecule has 0 unspecified atom stereocenters. The van der Waals surface area contributed by atoms with Crippen LogP contribution in [0.1, 0.15) is 53.4 Å². The quantitative estimate of drug-likeness (QED) is 0.277. The third-order valence-corrected chi connectivity index (χ3v) is 8.49. The largest absolute Gasteiger partial charge is 0.298 e. The molecule has 192 valence electrons. The van der Waals surface area contributed by atoms with Gasteiger partial charge in [0.15, 0.2) is 5.13 Å². The number of anilines is 2. The Kier molecular flexibility index (Phi) is 7.26. The standard InChI is InChI=1S/C29H31N3O3S2/c1-18-15-19(2)26(20(3)16-18)37(34,35)32-24-10-8-7-9-23(24)27(33)31-28-30-25(17-36-28)21-11-13-22(14-12-21)29(4,5)6/h7-17,32H,1-6H3,(H,30,31,33). The molecule has 1 aromatic heterocycles. The topological polar surface area (TPSA) is 88.2 Å². The molecule has 8 heteroatoms. The third kappa shape index (κ3) is 5.92. The molecule has 6 nitrogen and oxygen atoms in total. The highest BCUT2D eigenvalue weighted by Gasteiger charge is 2.23. The van der Waals surface area contributed by atoms with E-state index in [0.717, 1.165) is 16.8 Å². The summed E-state index contributed by atoms with van der Waals surface area (Å²) >= 11 is 1.32. The van der Waals surface area contributed by atoms with Crippen LogP contribution in [0.15, 0.2) is 70.9 Å². The van der Waals surface area contributed by atoms with E-state index in [9.17, 15) is 13.2 Å². The van der Waals surface area contributed by atoms with Crippen LogP contribution in [-0.2, 0) is 15.4 Å². The van der Waals surface area contributed by atoms with Crippen molar-refractivity contribution in [2.24, 2.45) is 0 Å². The SMILES string of the molecule is Cc1cc(C)c(S(=O)(=O)Nc2ccccc2C(=O)Nc2nc(-c3ccc(C(C)(C)C)cc3)cs2)c(C)c1. The molecule has 3 aromatic carbocycles. The Hall–Kier alpha value is -3.49. The van der Waals surface area contributed by atoms with Crippen LogP contribution in [0.3, 0.4) is 0 Å². The highest BCUT2D eigenvalue weighted by molar-refractivity contribution is 7.92. The van der Waals surface area contributed by atoms with Crippen LogP contribution in [0.4, 0.5) is 10.8 Å². The Morgan fingerprint density at radius 3 is 2.16 bits per heavy atom. The van der Waals surface area contributed by atoms with E-state index in [2.05, 4.69) is 47.9 Å². The summed E-state index contributed by atoms with van der Waals surface area (Å²) in [7, 11) is -3.91. The minimum absolute atomic E-state index is 0.0610. The van der Waals surface area contributed by atoms with Crippen molar-refractivity contribution in [1.29, 1.82) is 0 Å². The number of sulfonamides is 1. The van der Waals surface area contributed by atoms with E-state index in [0.29, 0.717) is 16.3 Å². The van der Waals surface area contributed by atoms with Gasteiger partial charge in [0.2, 0.25) is 0 Å². The van der Waals surface area contributed by atoms with Gasteiger partial charge in [-0.1, -0.05) is 74.9 Å². The molecule has 0 atom stereocenters. The zero-order valence-electron chi connectivity index (χ0n) is 21.8. The van der Waals surface area contributed by atoms with Crippen LogP contribution in [0.5, 0.6) is 0 Å². The number of nitrogens with zero attached hydrogens (tertiary/aromatic N) is 1. The lowest BCUT2D eigenvalue weighted by Gasteiger charge is -2.18. The number of aryl methyl sites for hydroxylation is 3. The maximum atomic E-state index is 13.3. The highest BCUT2D eigenvalue weighted by atomic mass is 32.2. The van der Waals surface area contributed by atoms with Crippen molar-refractivity contribution in [2.75, 3.05) is 10.0 Å². The molecule has 37 heavy (non-hydrogen) atoms. The molecular formula is C29H31N3O3S2. The first-order valence-electron chi connectivity index (χ1n) is 11.9. The average molecular weight is 534 g/mol. The number of thiazole rings is 1. The number of carbonyl (C=O) groups is 1. The van der Waals surface area contributed by atoms with Gasteiger partial charge in [-0.15, -0.1) is 11.3 Å².